The van der Waals surface area contributed by atoms with Crippen molar-refractivity contribution in [3.05, 3.63) is 61.2 Å². The number of alkyl halides is 2. The Kier molecular flexibility index (Phi) is 6.76. The molecule has 0 fully saturated rings. The number of fused-ring (bicyclic) bond motifs is 1. The van der Waals surface area contributed by atoms with Crippen molar-refractivity contribution < 1.29 is 18.3 Å². The normalized spacial score (nSPS) is 11.1. The van der Waals surface area contributed by atoms with Crippen LogP contribution in [0.4, 0.5) is 13.9 Å². The van der Waals surface area contributed by atoms with Crippen LogP contribution in [0.5, 0.6) is 5.75 Å². The Bertz CT molecular complexity index is 1210. The van der Waals surface area contributed by atoms with Crippen LogP contribution in [-0.2, 0) is 11.3 Å². The van der Waals surface area contributed by atoms with Gasteiger partial charge in [0.15, 0.2) is 16.1 Å². The molecule has 0 radical (unpaired) electrons. The third-order valence-corrected chi connectivity index (χ3v) is 6.16. The van der Waals surface area contributed by atoms with Crippen LogP contribution in [0.25, 0.3) is 21.6 Å². The number of hydrogen-bond acceptors (Lipinski definition) is 7. The van der Waals surface area contributed by atoms with Gasteiger partial charge in [0.25, 0.3) is 0 Å². The number of rotatable bonds is 9. The Labute approximate surface area is 190 Å². The van der Waals surface area contributed by atoms with Crippen LogP contribution in [0, 0.1) is 0 Å². The topological polar surface area (TPSA) is 81.9 Å². The fourth-order valence-corrected chi connectivity index (χ4v) is 4.53. The van der Waals surface area contributed by atoms with Gasteiger partial charge in [0.2, 0.25) is 5.91 Å². The Morgan fingerprint density at radius 3 is 2.72 bits per heavy atom. The highest BCUT2D eigenvalue weighted by Gasteiger charge is 2.16. The average molecular weight is 474 g/mol. The molecule has 164 valence electrons. The Morgan fingerprint density at radius 1 is 1.22 bits per heavy atom. The van der Waals surface area contributed by atoms with E-state index in [2.05, 4.69) is 31.8 Å². The third kappa shape index (κ3) is 5.11. The molecule has 0 unspecified atom stereocenters. The van der Waals surface area contributed by atoms with E-state index in [-0.39, 0.29) is 17.4 Å². The maximum absolute atomic E-state index is 12.4. The third-order valence-electron chi connectivity index (χ3n) is 4.24. The highest BCUT2D eigenvalue weighted by molar-refractivity contribution is 7.99. The van der Waals surface area contributed by atoms with Crippen LogP contribution < -0.4 is 10.1 Å². The summed E-state index contributed by atoms with van der Waals surface area (Å²) in [5.41, 5.74) is 1.51. The first-order chi connectivity index (χ1) is 15.5. The summed E-state index contributed by atoms with van der Waals surface area (Å²) in [7, 11) is 0. The fourth-order valence-electron chi connectivity index (χ4n) is 2.90. The number of ether oxygens (including phenoxy) is 1. The second-order valence-corrected chi connectivity index (χ2v) is 8.41. The Balaban J connectivity index is 1.44. The number of anilines is 1. The molecule has 0 saturated carbocycles. The van der Waals surface area contributed by atoms with Gasteiger partial charge in [-0.3, -0.25) is 9.36 Å². The largest absolute Gasteiger partial charge is 0.435 e. The maximum atomic E-state index is 12.4. The lowest BCUT2D eigenvalue weighted by Crippen LogP contribution is -2.14. The summed E-state index contributed by atoms with van der Waals surface area (Å²) in [5, 5.41) is 12.3. The van der Waals surface area contributed by atoms with Gasteiger partial charge in [0, 0.05) is 12.1 Å². The molecule has 2 aromatic heterocycles. The SMILES string of the molecule is C=CCn1c(SCC(=O)Nc2nc3ccccc3s2)nnc1-c1ccc(OC(F)F)cc1. The van der Waals surface area contributed by atoms with Gasteiger partial charge in [-0.25, -0.2) is 4.98 Å². The zero-order valence-corrected chi connectivity index (χ0v) is 18.2. The Morgan fingerprint density at radius 2 is 2.00 bits per heavy atom. The molecule has 32 heavy (non-hydrogen) atoms. The molecule has 0 bridgehead atoms. The summed E-state index contributed by atoms with van der Waals surface area (Å²) in [6.45, 7) is 1.28. The number of allylic oxidation sites excluding steroid dienone is 1. The van der Waals surface area contributed by atoms with Crippen molar-refractivity contribution in [3.63, 3.8) is 0 Å². The van der Waals surface area contributed by atoms with E-state index in [9.17, 15) is 13.6 Å². The van der Waals surface area contributed by atoms with Gasteiger partial charge in [-0.15, -0.1) is 16.8 Å². The minimum absolute atomic E-state index is 0.0552. The molecule has 0 aliphatic carbocycles. The fraction of sp³-hybridized carbons (Fsp3) is 0.143. The molecule has 11 heteroatoms. The number of nitrogens with one attached hydrogen (secondary N) is 1. The van der Waals surface area contributed by atoms with E-state index in [1.165, 1.54) is 35.2 Å². The second-order valence-electron chi connectivity index (χ2n) is 6.43. The van der Waals surface area contributed by atoms with Crippen molar-refractivity contribution in [3.8, 4) is 17.1 Å². The molecule has 0 aliphatic rings. The van der Waals surface area contributed by atoms with Crippen LogP contribution in [0.2, 0.25) is 0 Å². The molecule has 0 aliphatic heterocycles. The number of para-hydroxylation sites is 1. The minimum Gasteiger partial charge on any atom is -0.435 e. The number of benzene rings is 2. The zero-order valence-electron chi connectivity index (χ0n) is 16.6. The number of carbonyl (C=O) groups is 1. The second kappa shape index (κ2) is 9.88. The molecule has 7 nitrogen and oxygen atoms in total. The maximum Gasteiger partial charge on any atom is 0.387 e. The van der Waals surface area contributed by atoms with E-state index in [4.69, 9.17) is 0 Å². The smallest absolute Gasteiger partial charge is 0.387 e. The summed E-state index contributed by atoms with van der Waals surface area (Å²) < 4.78 is 31.9. The first kappa shape index (κ1) is 21.9. The van der Waals surface area contributed by atoms with E-state index in [0.717, 1.165) is 10.2 Å². The number of nitrogens with zero attached hydrogens (tertiary/aromatic N) is 4. The number of amides is 1. The number of thioether (sulfide) groups is 1. The molecule has 0 atom stereocenters. The molecular weight excluding hydrogens is 456 g/mol. The van der Waals surface area contributed by atoms with E-state index in [0.29, 0.717) is 28.2 Å². The van der Waals surface area contributed by atoms with Crippen molar-refractivity contribution in [2.75, 3.05) is 11.1 Å². The predicted octanol–water partition coefficient (Wildman–Crippen LogP) is 5.07. The van der Waals surface area contributed by atoms with Crippen LogP contribution in [-0.4, -0.2) is 38.0 Å². The molecule has 2 aromatic carbocycles. The van der Waals surface area contributed by atoms with Crippen molar-refractivity contribution in [1.82, 2.24) is 19.7 Å². The van der Waals surface area contributed by atoms with Crippen LogP contribution in [0.3, 0.4) is 0 Å². The van der Waals surface area contributed by atoms with Gasteiger partial charge in [0.05, 0.1) is 16.0 Å². The van der Waals surface area contributed by atoms with Crippen molar-refractivity contribution in [2.24, 2.45) is 0 Å². The summed E-state index contributed by atoms with van der Waals surface area (Å²) in [4.78, 5) is 16.8. The van der Waals surface area contributed by atoms with Gasteiger partial charge in [-0.05, 0) is 36.4 Å². The summed E-state index contributed by atoms with van der Waals surface area (Å²) >= 11 is 2.64. The predicted molar refractivity (Wildman–Crippen MR) is 121 cm³/mol. The first-order valence-electron chi connectivity index (χ1n) is 9.41. The lowest BCUT2D eigenvalue weighted by atomic mass is 10.2. The van der Waals surface area contributed by atoms with Gasteiger partial charge in [-0.2, -0.15) is 8.78 Å². The van der Waals surface area contributed by atoms with Crippen LogP contribution in [0.1, 0.15) is 0 Å². The molecule has 4 aromatic rings. The highest BCUT2D eigenvalue weighted by Crippen LogP contribution is 2.28. The summed E-state index contributed by atoms with van der Waals surface area (Å²) in [6.07, 6.45) is 1.69. The van der Waals surface area contributed by atoms with Crippen molar-refractivity contribution in [1.29, 1.82) is 0 Å². The first-order valence-corrected chi connectivity index (χ1v) is 11.2. The minimum atomic E-state index is -2.89. The monoisotopic (exact) mass is 473 g/mol. The number of aromatic nitrogens is 4. The van der Waals surface area contributed by atoms with Crippen molar-refractivity contribution in [2.45, 2.75) is 18.3 Å². The number of halogens is 2. The molecular formula is C21H17F2N5O2S2. The van der Waals surface area contributed by atoms with Crippen LogP contribution in [0.15, 0.2) is 66.3 Å². The van der Waals surface area contributed by atoms with Gasteiger partial charge in [0.1, 0.15) is 5.75 Å². The van der Waals surface area contributed by atoms with E-state index in [1.807, 2.05) is 24.3 Å². The zero-order chi connectivity index (χ0) is 22.5. The number of hydrogen-bond donors (Lipinski definition) is 1. The molecule has 1 amide bonds. The quantitative estimate of drug-likeness (QED) is 0.270. The standard InChI is InChI=1S/C21H17F2N5O2S2/c1-2-11-28-18(13-7-9-14(10-8-13)30-19(22)23)26-27-21(28)31-12-17(29)25-20-24-15-5-3-4-6-16(15)32-20/h2-10,19H,1,11-12H2,(H,24,25,29). The van der Waals surface area contributed by atoms with E-state index in [1.54, 1.807) is 22.8 Å². The lowest BCUT2D eigenvalue weighted by Gasteiger charge is -2.09. The number of carbonyl (C=O) groups excluding carboxylic acids is 1. The van der Waals surface area contributed by atoms with E-state index < -0.39 is 6.61 Å². The van der Waals surface area contributed by atoms with Crippen LogP contribution >= 0.6 is 23.1 Å². The lowest BCUT2D eigenvalue weighted by molar-refractivity contribution is -0.113. The summed E-state index contributed by atoms with van der Waals surface area (Å²) in [6, 6.07) is 13.8. The summed E-state index contributed by atoms with van der Waals surface area (Å²) in [5.74, 6) is 0.492. The van der Waals surface area contributed by atoms with Gasteiger partial charge in [-0.1, -0.05) is 41.3 Å². The van der Waals surface area contributed by atoms with E-state index >= 15 is 0 Å². The molecule has 2 heterocycles. The number of thiazole rings is 1. The highest BCUT2D eigenvalue weighted by atomic mass is 32.2. The van der Waals surface area contributed by atoms with Gasteiger partial charge < -0.3 is 10.1 Å². The molecule has 1 N–H and O–H groups in total. The molecule has 4 rings (SSSR count). The van der Waals surface area contributed by atoms with Crippen molar-refractivity contribution >= 4 is 44.4 Å². The Hall–Kier alpha value is -3.31. The van der Waals surface area contributed by atoms with Gasteiger partial charge >= 0.3 is 6.61 Å². The molecule has 0 spiro atoms. The molecule has 0 saturated heterocycles. The average Bonchev–Trinajstić information content (AvgIpc) is 3.36.